The molecule has 7 nitrogen and oxygen atoms in total. The number of aromatic nitrogens is 5. The first-order chi connectivity index (χ1) is 7.74. The standard InChI is InChI=1S/C8H7N5O2S/c14-7(15)4-3-9-5(10-4)6-11-8-13(12-6)1-2-16-8/h3H,1-2H2,(H,9,10)(H,14,15). The number of carboxylic acids is 1. The van der Waals surface area contributed by atoms with Crippen LogP contribution in [0.4, 0.5) is 0 Å². The lowest BCUT2D eigenvalue weighted by Gasteiger charge is -1.89. The fourth-order valence-corrected chi connectivity index (χ4v) is 2.33. The van der Waals surface area contributed by atoms with E-state index in [1.54, 1.807) is 16.4 Å². The van der Waals surface area contributed by atoms with Crippen LogP contribution in [0.3, 0.4) is 0 Å². The van der Waals surface area contributed by atoms with E-state index in [0.29, 0.717) is 11.6 Å². The van der Waals surface area contributed by atoms with Crippen LogP contribution in [0.2, 0.25) is 0 Å². The maximum absolute atomic E-state index is 10.7. The van der Waals surface area contributed by atoms with Gasteiger partial charge in [0.2, 0.25) is 5.82 Å². The van der Waals surface area contributed by atoms with E-state index in [9.17, 15) is 4.79 Å². The number of carbonyl (C=O) groups is 1. The molecule has 0 unspecified atom stereocenters. The largest absolute Gasteiger partial charge is 0.477 e. The zero-order valence-corrected chi connectivity index (χ0v) is 8.86. The summed E-state index contributed by atoms with van der Waals surface area (Å²) in [6.45, 7) is 0.833. The van der Waals surface area contributed by atoms with Gasteiger partial charge >= 0.3 is 5.97 Å². The number of H-pyrrole nitrogens is 1. The number of hydrogen-bond acceptors (Lipinski definition) is 5. The molecule has 2 aromatic heterocycles. The fourth-order valence-electron chi connectivity index (χ4n) is 1.45. The highest BCUT2D eigenvalue weighted by Gasteiger charge is 2.19. The van der Waals surface area contributed by atoms with Gasteiger partial charge < -0.3 is 10.1 Å². The van der Waals surface area contributed by atoms with Crippen molar-refractivity contribution in [1.29, 1.82) is 0 Å². The normalized spacial score (nSPS) is 14.0. The average molecular weight is 237 g/mol. The molecule has 82 valence electrons. The summed E-state index contributed by atoms with van der Waals surface area (Å²) in [5, 5.41) is 13.8. The summed E-state index contributed by atoms with van der Waals surface area (Å²) in [4.78, 5) is 21.5. The third-order valence-electron chi connectivity index (χ3n) is 2.19. The van der Waals surface area contributed by atoms with E-state index in [0.717, 1.165) is 17.5 Å². The second-order valence-corrected chi connectivity index (χ2v) is 4.30. The van der Waals surface area contributed by atoms with Gasteiger partial charge in [-0.15, -0.1) is 5.10 Å². The Morgan fingerprint density at radius 3 is 3.19 bits per heavy atom. The number of carboxylic acid groups (broad SMARTS) is 1. The maximum Gasteiger partial charge on any atom is 0.353 e. The van der Waals surface area contributed by atoms with Crippen LogP contribution in [-0.4, -0.2) is 41.6 Å². The SMILES string of the molecule is O=C(O)c1cnc(-c2nc3n(n2)CCS3)[nH]1. The number of rotatable bonds is 2. The quantitative estimate of drug-likeness (QED) is 0.788. The molecule has 3 rings (SSSR count). The van der Waals surface area contributed by atoms with Gasteiger partial charge in [-0.1, -0.05) is 11.8 Å². The molecule has 0 aromatic carbocycles. The number of thioether (sulfide) groups is 1. The average Bonchev–Trinajstić information content (AvgIpc) is 2.91. The zero-order valence-electron chi connectivity index (χ0n) is 8.04. The highest BCUT2D eigenvalue weighted by Crippen LogP contribution is 2.25. The van der Waals surface area contributed by atoms with E-state index in [1.165, 1.54) is 6.20 Å². The van der Waals surface area contributed by atoms with Crippen LogP contribution < -0.4 is 0 Å². The third kappa shape index (κ3) is 1.38. The number of aromatic carboxylic acids is 1. The molecule has 0 bridgehead atoms. The molecule has 8 heteroatoms. The van der Waals surface area contributed by atoms with Gasteiger partial charge in [0.15, 0.2) is 11.0 Å². The van der Waals surface area contributed by atoms with Gasteiger partial charge in [0.1, 0.15) is 5.69 Å². The predicted octanol–water partition coefficient (Wildman–Crippen LogP) is 0.472. The molecule has 3 heterocycles. The second kappa shape index (κ2) is 3.34. The van der Waals surface area contributed by atoms with E-state index in [2.05, 4.69) is 20.1 Å². The Labute approximate surface area is 93.9 Å². The highest BCUT2D eigenvalue weighted by molar-refractivity contribution is 7.99. The van der Waals surface area contributed by atoms with Crippen LogP contribution in [0.25, 0.3) is 11.6 Å². The smallest absolute Gasteiger partial charge is 0.353 e. The predicted molar refractivity (Wildman–Crippen MR) is 55.3 cm³/mol. The summed E-state index contributed by atoms with van der Waals surface area (Å²) < 4.78 is 1.79. The Morgan fingerprint density at radius 2 is 2.50 bits per heavy atom. The first kappa shape index (κ1) is 9.40. The van der Waals surface area contributed by atoms with Crippen molar-refractivity contribution in [3.05, 3.63) is 11.9 Å². The molecular weight excluding hydrogens is 230 g/mol. The van der Waals surface area contributed by atoms with Crippen LogP contribution in [0.1, 0.15) is 10.5 Å². The zero-order chi connectivity index (χ0) is 11.1. The molecule has 2 aromatic rings. The van der Waals surface area contributed by atoms with E-state index >= 15 is 0 Å². The summed E-state index contributed by atoms with van der Waals surface area (Å²) >= 11 is 1.63. The van der Waals surface area contributed by atoms with E-state index in [1.807, 2.05) is 0 Å². The molecular formula is C8H7N5O2S. The number of aryl methyl sites for hydroxylation is 1. The van der Waals surface area contributed by atoms with Crippen LogP contribution in [-0.2, 0) is 6.54 Å². The maximum atomic E-state index is 10.7. The monoisotopic (exact) mass is 237 g/mol. The van der Waals surface area contributed by atoms with Crippen molar-refractivity contribution < 1.29 is 9.90 Å². The first-order valence-corrected chi connectivity index (χ1v) is 5.59. The van der Waals surface area contributed by atoms with Crippen LogP contribution in [0, 0.1) is 0 Å². The number of imidazole rings is 1. The van der Waals surface area contributed by atoms with E-state index < -0.39 is 5.97 Å². The van der Waals surface area contributed by atoms with Crippen molar-refractivity contribution in [2.75, 3.05) is 5.75 Å². The van der Waals surface area contributed by atoms with Crippen molar-refractivity contribution in [2.24, 2.45) is 0 Å². The van der Waals surface area contributed by atoms with Gasteiger partial charge in [0.25, 0.3) is 0 Å². The Kier molecular flexibility index (Phi) is 1.96. The lowest BCUT2D eigenvalue weighted by atomic mass is 10.5. The minimum absolute atomic E-state index is 0.0395. The number of fused-ring (bicyclic) bond motifs is 1. The molecule has 0 aliphatic carbocycles. The van der Waals surface area contributed by atoms with Gasteiger partial charge in [0, 0.05) is 5.75 Å². The molecule has 0 spiro atoms. The van der Waals surface area contributed by atoms with Gasteiger partial charge in [-0.05, 0) is 0 Å². The van der Waals surface area contributed by atoms with E-state index in [4.69, 9.17) is 5.11 Å². The molecule has 0 fully saturated rings. The minimum Gasteiger partial charge on any atom is -0.477 e. The van der Waals surface area contributed by atoms with E-state index in [-0.39, 0.29) is 5.69 Å². The lowest BCUT2D eigenvalue weighted by molar-refractivity contribution is 0.0691. The molecule has 0 amide bonds. The first-order valence-electron chi connectivity index (χ1n) is 4.60. The molecule has 0 saturated carbocycles. The summed E-state index contributed by atoms with van der Waals surface area (Å²) in [6.07, 6.45) is 1.26. The van der Waals surface area contributed by atoms with Crippen molar-refractivity contribution in [1.82, 2.24) is 24.7 Å². The van der Waals surface area contributed by atoms with Gasteiger partial charge in [-0.25, -0.2) is 14.5 Å². The Bertz CT molecular complexity index is 539. The number of nitrogens with zero attached hydrogens (tertiary/aromatic N) is 4. The molecule has 1 aliphatic heterocycles. The molecule has 16 heavy (non-hydrogen) atoms. The molecule has 0 radical (unpaired) electrons. The Hall–Kier alpha value is -1.83. The minimum atomic E-state index is -1.04. The van der Waals surface area contributed by atoms with Crippen LogP contribution in [0.15, 0.2) is 11.4 Å². The molecule has 2 N–H and O–H groups in total. The molecule has 1 aliphatic rings. The van der Waals surface area contributed by atoms with Crippen molar-refractivity contribution in [3.63, 3.8) is 0 Å². The second-order valence-electron chi connectivity index (χ2n) is 3.24. The number of nitrogens with one attached hydrogen (secondary N) is 1. The topological polar surface area (TPSA) is 96.7 Å². The number of hydrogen-bond donors (Lipinski definition) is 2. The van der Waals surface area contributed by atoms with Crippen LogP contribution in [0.5, 0.6) is 0 Å². The van der Waals surface area contributed by atoms with Crippen molar-refractivity contribution in [2.45, 2.75) is 11.7 Å². The summed E-state index contributed by atoms with van der Waals surface area (Å²) in [7, 11) is 0. The lowest BCUT2D eigenvalue weighted by Crippen LogP contribution is -1.97. The van der Waals surface area contributed by atoms with Crippen LogP contribution >= 0.6 is 11.8 Å². The van der Waals surface area contributed by atoms with Gasteiger partial charge in [0.05, 0.1) is 12.7 Å². The Balaban J connectivity index is 1.98. The summed E-state index contributed by atoms with van der Waals surface area (Å²) in [5.41, 5.74) is 0.0395. The summed E-state index contributed by atoms with van der Waals surface area (Å²) in [5.74, 6) is 0.767. The van der Waals surface area contributed by atoms with Crippen molar-refractivity contribution in [3.8, 4) is 11.6 Å². The fraction of sp³-hybridized carbons (Fsp3) is 0.250. The third-order valence-corrected chi connectivity index (χ3v) is 3.14. The Morgan fingerprint density at radius 1 is 1.62 bits per heavy atom. The van der Waals surface area contributed by atoms with Crippen molar-refractivity contribution >= 4 is 17.7 Å². The highest BCUT2D eigenvalue weighted by atomic mass is 32.2. The van der Waals surface area contributed by atoms with Gasteiger partial charge in [-0.2, -0.15) is 4.98 Å². The number of aromatic amines is 1. The molecule has 0 atom stereocenters. The summed E-state index contributed by atoms with van der Waals surface area (Å²) in [6, 6.07) is 0. The molecule has 0 saturated heterocycles. The van der Waals surface area contributed by atoms with Gasteiger partial charge in [-0.3, -0.25) is 0 Å².